The van der Waals surface area contributed by atoms with Gasteiger partial charge in [0.2, 0.25) is 5.91 Å². The molecule has 2 atom stereocenters. The van der Waals surface area contributed by atoms with Gasteiger partial charge in [-0.15, -0.1) is 11.8 Å². The standard InChI is InChI=1S/C20H29N3OS/c1-16-9-13-23(18-7-2-3-8-19(18)25-16)20(24)15-21-10-5-12-22-11-4-6-17(22)14-21/h2-3,7-8,16-17H,4-6,9-15H2,1H3/t16-,17+/m0/s1. The van der Waals surface area contributed by atoms with E-state index in [-0.39, 0.29) is 5.91 Å². The highest BCUT2D eigenvalue weighted by atomic mass is 32.2. The molecule has 2 fully saturated rings. The first kappa shape index (κ1) is 17.4. The molecule has 1 amide bonds. The molecule has 3 heterocycles. The van der Waals surface area contributed by atoms with Gasteiger partial charge in [0.1, 0.15) is 0 Å². The van der Waals surface area contributed by atoms with Gasteiger partial charge in [0.15, 0.2) is 0 Å². The number of hydrogen-bond donors (Lipinski definition) is 0. The van der Waals surface area contributed by atoms with Gasteiger partial charge in [0, 0.05) is 29.3 Å². The molecule has 136 valence electrons. The van der Waals surface area contributed by atoms with E-state index in [2.05, 4.69) is 41.0 Å². The molecule has 0 aromatic heterocycles. The zero-order valence-electron chi connectivity index (χ0n) is 15.2. The lowest BCUT2D eigenvalue weighted by atomic mass is 10.2. The largest absolute Gasteiger partial charge is 0.310 e. The summed E-state index contributed by atoms with van der Waals surface area (Å²) in [6.07, 6.45) is 4.86. The van der Waals surface area contributed by atoms with Gasteiger partial charge in [0.05, 0.1) is 12.2 Å². The maximum absolute atomic E-state index is 13.2. The molecule has 0 spiro atoms. The fourth-order valence-electron chi connectivity index (χ4n) is 4.45. The Hall–Kier alpha value is -1.04. The van der Waals surface area contributed by atoms with E-state index in [4.69, 9.17) is 0 Å². The summed E-state index contributed by atoms with van der Waals surface area (Å²) >= 11 is 1.90. The Morgan fingerprint density at radius 2 is 1.96 bits per heavy atom. The topological polar surface area (TPSA) is 26.8 Å². The lowest BCUT2D eigenvalue weighted by Gasteiger charge is -2.28. The van der Waals surface area contributed by atoms with Crippen LogP contribution in [-0.2, 0) is 4.79 Å². The molecular weight excluding hydrogens is 330 g/mol. The van der Waals surface area contributed by atoms with E-state index in [0.717, 1.165) is 31.7 Å². The number of benzene rings is 1. The molecule has 0 bridgehead atoms. The van der Waals surface area contributed by atoms with Gasteiger partial charge in [-0.25, -0.2) is 0 Å². The fourth-order valence-corrected chi connectivity index (χ4v) is 5.56. The predicted molar refractivity (Wildman–Crippen MR) is 104 cm³/mol. The Morgan fingerprint density at radius 3 is 2.88 bits per heavy atom. The molecule has 25 heavy (non-hydrogen) atoms. The molecule has 0 unspecified atom stereocenters. The number of thioether (sulfide) groups is 1. The van der Waals surface area contributed by atoms with Crippen LogP contribution in [0.15, 0.2) is 29.2 Å². The third kappa shape index (κ3) is 3.88. The Balaban J connectivity index is 1.47. The molecule has 0 radical (unpaired) electrons. The normalized spacial score (nSPS) is 28.1. The van der Waals surface area contributed by atoms with E-state index < -0.39 is 0 Å². The van der Waals surface area contributed by atoms with Crippen LogP contribution in [-0.4, -0.2) is 66.3 Å². The second-order valence-corrected chi connectivity index (χ2v) is 9.13. The van der Waals surface area contributed by atoms with Crippen molar-refractivity contribution in [1.29, 1.82) is 0 Å². The molecule has 0 N–H and O–H groups in total. The molecular formula is C20H29N3OS. The van der Waals surface area contributed by atoms with Crippen molar-refractivity contribution in [3.63, 3.8) is 0 Å². The van der Waals surface area contributed by atoms with Crippen LogP contribution in [0, 0.1) is 0 Å². The SMILES string of the molecule is C[C@H]1CCN(C(=O)CN2CCCN3CCC[C@@H]3C2)c2ccccc2S1. The van der Waals surface area contributed by atoms with Crippen molar-refractivity contribution >= 4 is 23.4 Å². The summed E-state index contributed by atoms with van der Waals surface area (Å²) in [4.78, 5) is 21.5. The first-order valence-electron chi connectivity index (χ1n) is 9.73. The second kappa shape index (κ2) is 7.68. The molecule has 0 aliphatic carbocycles. The van der Waals surface area contributed by atoms with Crippen LogP contribution < -0.4 is 4.90 Å². The Kier molecular flexibility index (Phi) is 5.34. The van der Waals surface area contributed by atoms with Crippen LogP contribution in [0.5, 0.6) is 0 Å². The average Bonchev–Trinajstić information content (AvgIpc) is 2.84. The molecule has 3 aliphatic rings. The molecule has 2 saturated heterocycles. The third-order valence-electron chi connectivity index (χ3n) is 5.79. The highest BCUT2D eigenvalue weighted by molar-refractivity contribution is 8.00. The summed E-state index contributed by atoms with van der Waals surface area (Å²) in [5.41, 5.74) is 1.11. The fraction of sp³-hybridized carbons (Fsp3) is 0.650. The monoisotopic (exact) mass is 359 g/mol. The van der Waals surface area contributed by atoms with E-state index in [0.29, 0.717) is 17.8 Å². The van der Waals surface area contributed by atoms with Gasteiger partial charge >= 0.3 is 0 Å². The Morgan fingerprint density at radius 1 is 1.12 bits per heavy atom. The number of fused-ring (bicyclic) bond motifs is 2. The van der Waals surface area contributed by atoms with E-state index in [9.17, 15) is 4.79 Å². The number of anilines is 1. The Bertz CT molecular complexity index is 623. The number of nitrogens with zero attached hydrogens (tertiary/aromatic N) is 3. The minimum Gasteiger partial charge on any atom is -0.310 e. The zero-order valence-corrected chi connectivity index (χ0v) is 16.0. The van der Waals surface area contributed by atoms with Crippen molar-refractivity contribution in [3.8, 4) is 0 Å². The van der Waals surface area contributed by atoms with Crippen LogP contribution in [0.4, 0.5) is 5.69 Å². The minimum atomic E-state index is 0.272. The van der Waals surface area contributed by atoms with Crippen LogP contribution in [0.1, 0.15) is 32.6 Å². The van der Waals surface area contributed by atoms with Gasteiger partial charge in [-0.3, -0.25) is 14.6 Å². The zero-order chi connectivity index (χ0) is 17.2. The lowest BCUT2D eigenvalue weighted by molar-refractivity contribution is -0.119. The summed E-state index contributed by atoms with van der Waals surface area (Å²) in [6, 6.07) is 9.07. The van der Waals surface area contributed by atoms with Crippen LogP contribution in [0.2, 0.25) is 0 Å². The van der Waals surface area contributed by atoms with Crippen molar-refractivity contribution < 1.29 is 4.79 Å². The first-order chi connectivity index (χ1) is 12.2. The molecule has 0 saturated carbocycles. The number of carbonyl (C=O) groups excluding carboxylic acids is 1. The summed E-state index contributed by atoms with van der Waals surface area (Å²) in [6.45, 7) is 8.24. The highest BCUT2D eigenvalue weighted by Crippen LogP contribution is 2.37. The number of amides is 1. The van der Waals surface area contributed by atoms with Gasteiger partial charge in [-0.05, 0) is 57.5 Å². The van der Waals surface area contributed by atoms with E-state index in [1.54, 1.807) is 0 Å². The maximum atomic E-state index is 13.2. The van der Waals surface area contributed by atoms with Crippen LogP contribution in [0.3, 0.4) is 0 Å². The average molecular weight is 360 g/mol. The number of para-hydroxylation sites is 1. The molecule has 3 aliphatic heterocycles. The molecule has 4 rings (SSSR count). The molecule has 5 heteroatoms. The number of hydrogen-bond acceptors (Lipinski definition) is 4. The van der Waals surface area contributed by atoms with E-state index in [1.807, 2.05) is 16.7 Å². The highest BCUT2D eigenvalue weighted by Gasteiger charge is 2.31. The van der Waals surface area contributed by atoms with Gasteiger partial charge < -0.3 is 4.90 Å². The van der Waals surface area contributed by atoms with Crippen LogP contribution in [0.25, 0.3) is 0 Å². The molecule has 1 aromatic carbocycles. The van der Waals surface area contributed by atoms with Crippen molar-refractivity contribution in [3.05, 3.63) is 24.3 Å². The minimum absolute atomic E-state index is 0.272. The molecule has 1 aromatic rings. The smallest absolute Gasteiger partial charge is 0.241 e. The van der Waals surface area contributed by atoms with Crippen molar-refractivity contribution in [2.45, 2.75) is 48.8 Å². The van der Waals surface area contributed by atoms with Crippen LogP contribution >= 0.6 is 11.8 Å². The van der Waals surface area contributed by atoms with Crippen molar-refractivity contribution in [1.82, 2.24) is 9.80 Å². The maximum Gasteiger partial charge on any atom is 0.241 e. The summed E-state index contributed by atoms with van der Waals surface area (Å²) in [5, 5.41) is 0.559. The van der Waals surface area contributed by atoms with Gasteiger partial charge in [0.25, 0.3) is 0 Å². The van der Waals surface area contributed by atoms with Gasteiger partial charge in [-0.1, -0.05) is 19.1 Å². The summed E-state index contributed by atoms with van der Waals surface area (Å²) < 4.78 is 0. The van der Waals surface area contributed by atoms with E-state index in [1.165, 1.54) is 37.2 Å². The summed E-state index contributed by atoms with van der Waals surface area (Å²) in [5.74, 6) is 0.272. The first-order valence-corrected chi connectivity index (χ1v) is 10.6. The summed E-state index contributed by atoms with van der Waals surface area (Å²) in [7, 11) is 0. The Labute approximate surface area is 155 Å². The van der Waals surface area contributed by atoms with E-state index >= 15 is 0 Å². The van der Waals surface area contributed by atoms with Crippen molar-refractivity contribution in [2.24, 2.45) is 0 Å². The van der Waals surface area contributed by atoms with Crippen molar-refractivity contribution in [2.75, 3.05) is 44.2 Å². The third-order valence-corrected chi connectivity index (χ3v) is 7.03. The van der Waals surface area contributed by atoms with Gasteiger partial charge in [-0.2, -0.15) is 0 Å². The quantitative estimate of drug-likeness (QED) is 0.811. The molecule has 4 nitrogen and oxygen atoms in total. The number of carbonyl (C=O) groups is 1. The number of rotatable bonds is 2. The lowest BCUT2D eigenvalue weighted by Crippen LogP contribution is -2.44. The predicted octanol–water partition coefficient (Wildman–Crippen LogP) is 3.07. The second-order valence-electron chi connectivity index (χ2n) is 7.65.